The van der Waals surface area contributed by atoms with E-state index in [-0.39, 0.29) is 22.7 Å². The summed E-state index contributed by atoms with van der Waals surface area (Å²) in [6.45, 7) is 9.48. The van der Waals surface area contributed by atoms with Gasteiger partial charge in [-0.25, -0.2) is 0 Å². The molecule has 2 nitrogen and oxygen atoms in total. The topological polar surface area (TPSA) is 29.1 Å². The Bertz CT molecular complexity index is 286. The van der Waals surface area contributed by atoms with Gasteiger partial charge in [0.2, 0.25) is 5.91 Å². The van der Waals surface area contributed by atoms with Crippen LogP contribution >= 0.6 is 11.6 Å². The molecule has 1 rings (SSSR count). The summed E-state index contributed by atoms with van der Waals surface area (Å²) in [5, 5.41) is 3.14. The van der Waals surface area contributed by atoms with Crippen molar-refractivity contribution in [2.24, 2.45) is 16.7 Å². The maximum Gasteiger partial charge on any atom is 0.223 e. The van der Waals surface area contributed by atoms with E-state index in [0.717, 1.165) is 25.8 Å². The van der Waals surface area contributed by atoms with Gasteiger partial charge >= 0.3 is 0 Å². The fourth-order valence-corrected chi connectivity index (χ4v) is 3.29. The van der Waals surface area contributed by atoms with Gasteiger partial charge in [0.1, 0.15) is 0 Å². The minimum atomic E-state index is 0.0935. The monoisotopic (exact) mass is 273 g/mol. The van der Waals surface area contributed by atoms with E-state index >= 15 is 0 Å². The quantitative estimate of drug-likeness (QED) is 0.755. The van der Waals surface area contributed by atoms with Crippen molar-refractivity contribution in [3.05, 3.63) is 0 Å². The van der Waals surface area contributed by atoms with Crippen LogP contribution in [0.25, 0.3) is 0 Å². The van der Waals surface area contributed by atoms with Crippen molar-refractivity contribution in [2.75, 3.05) is 12.4 Å². The fourth-order valence-electron chi connectivity index (χ4n) is 2.77. The van der Waals surface area contributed by atoms with Crippen LogP contribution < -0.4 is 5.32 Å². The second kappa shape index (κ2) is 6.27. The predicted octanol–water partition coefficient (Wildman–Crippen LogP) is 3.97. The van der Waals surface area contributed by atoms with Gasteiger partial charge in [-0.3, -0.25) is 4.79 Å². The number of hydrogen-bond donors (Lipinski definition) is 1. The van der Waals surface area contributed by atoms with Gasteiger partial charge in [0.25, 0.3) is 0 Å². The molecule has 0 aromatic rings. The molecule has 0 aliphatic heterocycles. The van der Waals surface area contributed by atoms with E-state index in [1.165, 1.54) is 12.8 Å². The van der Waals surface area contributed by atoms with Crippen molar-refractivity contribution < 1.29 is 4.79 Å². The van der Waals surface area contributed by atoms with E-state index in [1.54, 1.807) is 0 Å². The average molecular weight is 274 g/mol. The summed E-state index contributed by atoms with van der Waals surface area (Å²) in [7, 11) is 0. The van der Waals surface area contributed by atoms with Crippen LogP contribution in [-0.2, 0) is 4.79 Å². The minimum Gasteiger partial charge on any atom is -0.355 e. The molecule has 0 spiro atoms. The predicted molar refractivity (Wildman–Crippen MR) is 77.9 cm³/mol. The van der Waals surface area contributed by atoms with Gasteiger partial charge in [-0.1, -0.05) is 40.5 Å². The summed E-state index contributed by atoms with van der Waals surface area (Å²) < 4.78 is 0. The van der Waals surface area contributed by atoms with Gasteiger partial charge in [-0.05, 0) is 30.1 Å². The van der Waals surface area contributed by atoms with Crippen LogP contribution in [0.4, 0.5) is 0 Å². The lowest BCUT2D eigenvalue weighted by atomic mass is 9.68. The fraction of sp³-hybridized carbons (Fsp3) is 0.933. The lowest BCUT2D eigenvalue weighted by Gasteiger charge is -2.38. The van der Waals surface area contributed by atoms with Gasteiger partial charge in [-0.15, -0.1) is 11.6 Å². The number of alkyl halides is 1. The van der Waals surface area contributed by atoms with Gasteiger partial charge in [-0.2, -0.15) is 0 Å². The van der Waals surface area contributed by atoms with Gasteiger partial charge in [0, 0.05) is 18.3 Å². The van der Waals surface area contributed by atoms with E-state index in [0.29, 0.717) is 5.88 Å². The highest BCUT2D eigenvalue weighted by atomic mass is 35.5. The minimum absolute atomic E-state index is 0.0935. The number of rotatable bonds is 5. The molecule has 0 heterocycles. The highest BCUT2D eigenvalue weighted by Crippen LogP contribution is 2.40. The first-order valence-electron chi connectivity index (χ1n) is 7.12. The lowest BCUT2D eigenvalue weighted by Crippen LogP contribution is -2.44. The van der Waals surface area contributed by atoms with Crippen LogP contribution in [-0.4, -0.2) is 18.3 Å². The van der Waals surface area contributed by atoms with Crippen LogP contribution in [0.2, 0.25) is 0 Å². The Labute approximate surface area is 117 Å². The molecule has 0 bridgehead atoms. The summed E-state index contributed by atoms with van der Waals surface area (Å²) in [6, 6.07) is 0. The first kappa shape index (κ1) is 15.8. The first-order valence-corrected chi connectivity index (χ1v) is 7.66. The third-order valence-corrected chi connectivity index (χ3v) is 4.53. The third kappa shape index (κ3) is 4.46. The number of halogens is 1. The molecule has 1 saturated carbocycles. The van der Waals surface area contributed by atoms with Crippen LogP contribution in [0.5, 0.6) is 0 Å². The zero-order chi connectivity index (χ0) is 13.8. The number of nitrogens with one attached hydrogen (secondary N) is 1. The molecular formula is C15H28ClNO. The molecule has 18 heavy (non-hydrogen) atoms. The normalized spacial score (nSPS) is 23.7. The van der Waals surface area contributed by atoms with Crippen molar-refractivity contribution in [1.82, 2.24) is 5.32 Å². The van der Waals surface area contributed by atoms with Crippen LogP contribution in [0.1, 0.15) is 59.8 Å². The standard InChI is InChI=1S/C15H28ClNO/c1-14(2,9-10-16)11-17-13(18)12-7-5-6-8-15(12,3)4/h12H,5-11H2,1-4H3,(H,17,18). The van der Waals surface area contributed by atoms with E-state index in [4.69, 9.17) is 11.6 Å². The highest BCUT2D eigenvalue weighted by Gasteiger charge is 2.37. The van der Waals surface area contributed by atoms with Crippen molar-refractivity contribution >= 4 is 17.5 Å². The summed E-state index contributed by atoms with van der Waals surface area (Å²) in [4.78, 5) is 12.3. The largest absolute Gasteiger partial charge is 0.355 e. The molecule has 0 saturated heterocycles. The van der Waals surface area contributed by atoms with Crippen molar-refractivity contribution in [1.29, 1.82) is 0 Å². The molecule has 1 unspecified atom stereocenters. The second-order valence-corrected chi connectivity index (χ2v) is 7.49. The van der Waals surface area contributed by atoms with Gasteiger partial charge in [0.15, 0.2) is 0 Å². The summed E-state index contributed by atoms with van der Waals surface area (Å²) in [5.74, 6) is 1.07. The molecule has 1 atom stereocenters. The Kier molecular flexibility index (Phi) is 5.51. The molecule has 1 fully saturated rings. The Morgan fingerprint density at radius 2 is 2.06 bits per heavy atom. The number of carbonyl (C=O) groups is 1. The van der Waals surface area contributed by atoms with Crippen molar-refractivity contribution in [2.45, 2.75) is 59.8 Å². The highest BCUT2D eigenvalue weighted by molar-refractivity contribution is 6.17. The molecule has 106 valence electrons. The van der Waals surface area contributed by atoms with E-state index in [9.17, 15) is 4.79 Å². The zero-order valence-corrected chi connectivity index (χ0v) is 13.1. The molecule has 0 aromatic carbocycles. The molecular weight excluding hydrogens is 246 g/mol. The van der Waals surface area contributed by atoms with Crippen LogP contribution in [0.15, 0.2) is 0 Å². The molecule has 1 aliphatic carbocycles. The Morgan fingerprint density at radius 3 is 2.61 bits per heavy atom. The molecule has 1 amide bonds. The number of amides is 1. The van der Waals surface area contributed by atoms with Crippen LogP contribution in [0.3, 0.4) is 0 Å². The van der Waals surface area contributed by atoms with E-state index in [2.05, 4.69) is 33.0 Å². The van der Waals surface area contributed by atoms with Gasteiger partial charge in [0.05, 0.1) is 0 Å². The SMILES string of the molecule is CC(C)(CCCl)CNC(=O)C1CCCCC1(C)C. The molecule has 1 aliphatic rings. The summed E-state index contributed by atoms with van der Waals surface area (Å²) in [5.41, 5.74) is 0.245. The zero-order valence-electron chi connectivity index (χ0n) is 12.3. The average Bonchev–Trinajstić information content (AvgIpc) is 2.25. The smallest absolute Gasteiger partial charge is 0.223 e. The summed E-state index contributed by atoms with van der Waals surface area (Å²) >= 11 is 5.78. The Hall–Kier alpha value is -0.240. The number of carbonyl (C=O) groups excluding carboxylic acids is 1. The third-order valence-electron chi connectivity index (χ3n) is 4.34. The van der Waals surface area contributed by atoms with E-state index < -0.39 is 0 Å². The Morgan fingerprint density at radius 1 is 1.39 bits per heavy atom. The molecule has 0 aromatic heterocycles. The van der Waals surface area contributed by atoms with Crippen molar-refractivity contribution in [3.8, 4) is 0 Å². The number of hydrogen-bond acceptors (Lipinski definition) is 1. The van der Waals surface area contributed by atoms with Crippen molar-refractivity contribution in [3.63, 3.8) is 0 Å². The van der Waals surface area contributed by atoms with Gasteiger partial charge < -0.3 is 5.32 Å². The first-order chi connectivity index (χ1) is 8.28. The van der Waals surface area contributed by atoms with Crippen LogP contribution in [0, 0.1) is 16.7 Å². The van der Waals surface area contributed by atoms with E-state index in [1.807, 2.05) is 0 Å². The molecule has 0 radical (unpaired) electrons. The molecule has 1 N–H and O–H groups in total. The maximum atomic E-state index is 12.3. The second-order valence-electron chi connectivity index (χ2n) is 7.11. The Balaban J connectivity index is 2.50. The molecule has 3 heteroatoms. The summed E-state index contributed by atoms with van der Waals surface area (Å²) in [6.07, 6.45) is 5.58. The lowest BCUT2D eigenvalue weighted by molar-refractivity contribution is -0.130. The maximum absolute atomic E-state index is 12.3.